The van der Waals surface area contributed by atoms with Gasteiger partial charge in [-0.05, 0) is 12.8 Å². The van der Waals surface area contributed by atoms with Crippen LogP contribution in [0.5, 0.6) is 0 Å². The molecule has 0 aromatic carbocycles. The van der Waals surface area contributed by atoms with Gasteiger partial charge in [0, 0.05) is 26.8 Å². The second-order valence-corrected chi connectivity index (χ2v) is 4.27. The minimum absolute atomic E-state index is 0.231. The maximum absolute atomic E-state index is 12.0. The predicted octanol–water partition coefficient (Wildman–Crippen LogP) is -0.947. The summed E-state index contributed by atoms with van der Waals surface area (Å²) in [6.07, 6.45) is 2.91. The van der Waals surface area contributed by atoms with Crippen LogP contribution < -0.4 is 11.1 Å². The molecule has 0 saturated carbocycles. The third-order valence-electron chi connectivity index (χ3n) is 3.05. The van der Waals surface area contributed by atoms with Crippen molar-refractivity contribution >= 4 is 5.91 Å². The lowest BCUT2D eigenvalue weighted by Crippen LogP contribution is -2.56. The number of rotatable bonds is 3. The van der Waals surface area contributed by atoms with Gasteiger partial charge in [-0.1, -0.05) is 0 Å². The van der Waals surface area contributed by atoms with Crippen molar-refractivity contribution in [2.24, 2.45) is 12.8 Å². The first kappa shape index (κ1) is 12.0. The van der Waals surface area contributed by atoms with Gasteiger partial charge in [-0.15, -0.1) is 5.10 Å². The summed E-state index contributed by atoms with van der Waals surface area (Å²) in [7, 11) is 1.67. The van der Waals surface area contributed by atoms with E-state index in [4.69, 9.17) is 10.5 Å². The maximum Gasteiger partial charge on any atom is 0.273 e. The minimum atomic E-state index is -0.368. The summed E-state index contributed by atoms with van der Waals surface area (Å²) in [5.74, 6) is -0.231. The minimum Gasteiger partial charge on any atom is -0.381 e. The molecule has 2 heterocycles. The highest BCUT2D eigenvalue weighted by Crippen LogP contribution is 2.19. The molecule has 0 radical (unpaired) electrons. The Labute approximate surface area is 99.3 Å². The van der Waals surface area contributed by atoms with Gasteiger partial charge in [0.15, 0.2) is 5.69 Å². The van der Waals surface area contributed by atoms with Crippen LogP contribution in [0.2, 0.25) is 0 Å². The van der Waals surface area contributed by atoms with E-state index < -0.39 is 0 Å². The Hall–Kier alpha value is -1.47. The Morgan fingerprint density at radius 1 is 1.65 bits per heavy atom. The highest BCUT2D eigenvalue weighted by Gasteiger charge is 2.33. The molecule has 1 aliphatic heterocycles. The Bertz CT molecular complexity index is 397. The van der Waals surface area contributed by atoms with Gasteiger partial charge in [-0.2, -0.15) is 9.90 Å². The molecule has 1 saturated heterocycles. The lowest BCUT2D eigenvalue weighted by Gasteiger charge is -2.36. The van der Waals surface area contributed by atoms with Crippen LogP contribution in [0.4, 0.5) is 0 Å². The van der Waals surface area contributed by atoms with Gasteiger partial charge in [0.1, 0.15) is 0 Å². The van der Waals surface area contributed by atoms with Crippen LogP contribution in [0.1, 0.15) is 23.3 Å². The van der Waals surface area contributed by atoms with Gasteiger partial charge in [0.2, 0.25) is 0 Å². The Kier molecular flexibility index (Phi) is 3.39. The second-order valence-electron chi connectivity index (χ2n) is 4.27. The number of hydrogen-bond acceptors (Lipinski definition) is 5. The molecule has 0 unspecified atom stereocenters. The van der Waals surface area contributed by atoms with E-state index in [0.717, 1.165) is 12.8 Å². The summed E-state index contributed by atoms with van der Waals surface area (Å²) in [6, 6.07) is 0. The fourth-order valence-electron chi connectivity index (χ4n) is 1.90. The van der Waals surface area contributed by atoms with Crippen molar-refractivity contribution < 1.29 is 9.53 Å². The largest absolute Gasteiger partial charge is 0.381 e. The SMILES string of the molecule is Cn1ncc(C(=O)NC2(CN)CCOCC2)n1. The Morgan fingerprint density at radius 2 is 2.35 bits per heavy atom. The van der Waals surface area contributed by atoms with Crippen LogP contribution in [0.15, 0.2) is 6.20 Å². The summed E-state index contributed by atoms with van der Waals surface area (Å²) < 4.78 is 5.28. The first-order chi connectivity index (χ1) is 8.15. The molecule has 94 valence electrons. The molecule has 1 aromatic heterocycles. The van der Waals surface area contributed by atoms with Crippen LogP contribution in [-0.2, 0) is 11.8 Å². The Morgan fingerprint density at radius 3 is 2.88 bits per heavy atom. The number of carbonyl (C=O) groups excluding carboxylic acids is 1. The highest BCUT2D eigenvalue weighted by molar-refractivity contribution is 5.92. The molecule has 0 aliphatic carbocycles. The van der Waals surface area contributed by atoms with Crippen LogP contribution in [-0.4, -0.2) is 46.2 Å². The van der Waals surface area contributed by atoms with Gasteiger partial charge in [0.05, 0.1) is 11.7 Å². The zero-order valence-electron chi connectivity index (χ0n) is 9.85. The molecular formula is C10H17N5O2. The molecule has 1 amide bonds. The molecule has 17 heavy (non-hydrogen) atoms. The molecule has 0 atom stereocenters. The number of ether oxygens (including phenoxy) is 1. The molecule has 1 aliphatic rings. The quantitative estimate of drug-likeness (QED) is 0.709. The fourth-order valence-corrected chi connectivity index (χ4v) is 1.90. The van der Waals surface area contributed by atoms with E-state index in [2.05, 4.69) is 15.5 Å². The lowest BCUT2D eigenvalue weighted by atomic mass is 9.90. The molecule has 7 heteroatoms. The third kappa shape index (κ3) is 2.62. The number of amides is 1. The summed E-state index contributed by atoms with van der Waals surface area (Å²) in [6.45, 7) is 1.65. The van der Waals surface area contributed by atoms with Gasteiger partial charge >= 0.3 is 0 Å². The molecule has 2 rings (SSSR count). The molecule has 7 nitrogen and oxygen atoms in total. The van der Waals surface area contributed by atoms with Crippen LogP contribution in [0.3, 0.4) is 0 Å². The number of aryl methyl sites for hydroxylation is 1. The maximum atomic E-state index is 12.0. The van der Waals surface area contributed by atoms with E-state index in [1.807, 2.05) is 0 Å². The number of carbonyl (C=O) groups is 1. The summed E-state index contributed by atoms with van der Waals surface area (Å²) in [5, 5.41) is 10.8. The van der Waals surface area contributed by atoms with Crippen molar-refractivity contribution in [2.45, 2.75) is 18.4 Å². The van der Waals surface area contributed by atoms with Gasteiger partial charge in [0.25, 0.3) is 5.91 Å². The monoisotopic (exact) mass is 239 g/mol. The standard InChI is InChI=1S/C10H17N5O2/c1-15-12-6-8(14-15)9(16)13-10(7-11)2-4-17-5-3-10/h6H,2-5,7,11H2,1H3,(H,13,16). The van der Waals surface area contributed by atoms with E-state index in [-0.39, 0.29) is 11.4 Å². The topological polar surface area (TPSA) is 95.1 Å². The molecular weight excluding hydrogens is 222 g/mol. The predicted molar refractivity (Wildman–Crippen MR) is 60.3 cm³/mol. The zero-order chi connectivity index (χ0) is 12.3. The number of nitrogens with one attached hydrogen (secondary N) is 1. The van der Waals surface area contributed by atoms with Crippen LogP contribution in [0.25, 0.3) is 0 Å². The van der Waals surface area contributed by atoms with Crippen molar-refractivity contribution in [1.29, 1.82) is 0 Å². The summed E-state index contributed by atoms with van der Waals surface area (Å²) >= 11 is 0. The van der Waals surface area contributed by atoms with Crippen molar-refractivity contribution in [3.8, 4) is 0 Å². The molecule has 1 fully saturated rings. The van der Waals surface area contributed by atoms with Crippen LogP contribution >= 0.6 is 0 Å². The lowest BCUT2D eigenvalue weighted by molar-refractivity contribution is 0.0387. The average Bonchev–Trinajstić information content (AvgIpc) is 2.77. The second kappa shape index (κ2) is 4.80. The van der Waals surface area contributed by atoms with Gasteiger partial charge in [-0.25, -0.2) is 0 Å². The molecule has 3 N–H and O–H groups in total. The first-order valence-electron chi connectivity index (χ1n) is 5.62. The van der Waals surface area contributed by atoms with E-state index in [0.29, 0.717) is 25.5 Å². The Balaban J connectivity index is 2.05. The normalized spacial score (nSPS) is 18.9. The molecule has 1 aromatic rings. The summed E-state index contributed by atoms with van der Waals surface area (Å²) in [5.41, 5.74) is 5.70. The average molecular weight is 239 g/mol. The van der Waals surface area contributed by atoms with E-state index >= 15 is 0 Å². The van der Waals surface area contributed by atoms with Crippen molar-refractivity contribution in [1.82, 2.24) is 20.3 Å². The van der Waals surface area contributed by atoms with E-state index in [1.54, 1.807) is 7.05 Å². The number of aromatic nitrogens is 3. The number of hydrogen-bond donors (Lipinski definition) is 2. The van der Waals surface area contributed by atoms with E-state index in [1.165, 1.54) is 11.0 Å². The first-order valence-corrected chi connectivity index (χ1v) is 5.62. The number of nitrogens with zero attached hydrogens (tertiary/aromatic N) is 3. The molecule has 0 spiro atoms. The fraction of sp³-hybridized carbons (Fsp3) is 0.700. The van der Waals surface area contributed by atoms with Gasteiger partial charge < -0.3 is 15.8 Å². The van der Waals surface area contributed by atoms with Crippen molar-refractivity contribution in [3.63, 3.8) is 0 Å². The molecule has 0 bridgehead atoms. The van der Waals surface area contributed by atoms with Crippen molar-refractivity contribution in [3.05, 3.63) is 11.9 Å². The number of nitrogens with two attached hydrogens (primary N) is 1. The van der Waals surface area contributed by atoms with Crippen molar-refractivity contribution in [2.75, 3.05) is 19.8 Å². The summed E-state index contributed by atoms with van der Waals surface area (Å²) in [4.78, 5) is 13.3. The zero-order valence-corrected chi connectivity index (χ0v) is 9.85. The van der Waals surface area contributed by atoms with Crippen LogP contribution in [0, 0.1) is 0 Å². The van der Waals surface area contributed by atoms with E-state index in [9.17, 15) is 4.79 Å². The van der Waals surface area contributed by atoms with Gasteiger partial charge in [-0.3, -0.25) is 4.79 Å². The highest BCUT2D eigenvalue weighted by atomic mass is 16.5. The third-order valence-corrected chi connectivity index (χ3v) is 3.05. The smallest absolute Gasteiger partial charge is 0.273 e.